The molecule has 1 aliphatic heterocycles. The first kappa shape index (κ1) is 13.3. The van der Waals surface area contributed by atoms with E-state index in [1.165, 1.54) is 18.2 Å². The second-order valence-corrected chi connectivity index (χ2v) is 3.28. The van der Waals surface area contributed by atoms with E-state index in [4.69, 9.17) is 5.11 Å². The van der Waals surface area contributed by atoms with Crippen LogP contribution in [0.25, 0.3) is 0 Å². The zero-order valence-corrected chi connectivity index (χ0v) is 9.25. The van der Waals surface area contributed by atoms with Crippen LogP contribution >= 0.6 is 12.4 Å². The fraction of sp³-hybridized carbons (Fsp3) is 0.0909. The Bertz CT molecular complexity index is 514. The smallest absolute Gasteiger partial charge is 0.332 e. The number of carboxylic acids is 1. The number of hydrogen-bond acceptors (Lipinski definition) is 2. The maximum atomic E-state index is 13.3. The largest absolute Gasteiger partial charge is 0.479 e. The van der Waals surface area contributed by atoms with Crippen molar-refractivity contribution in [3.8, 4) is 0 Å². The highest BCUT2D eigenvalue weighted by atomic mass is 35.5. The third kappa shape index (κ3) is 2.68. The van der Waals surface area contributed by atoms with Crippen molar-refractivity contribution in [2.45, 2.75) is 6.04 Å². The van der Waals surface area contributed by atoms with Crippen LogP contribution < -0.4 is 0 Å². The number of carbonyl (C=O) groups is 1. The normalized spacial score (nSPS) is 17.5. The Hall–Kier alpha value is -1.75. The van der Waals surface area contributed by atoms with Gasteiger partial charge >= 0.3 is 5.97 Å². The predicted octanol–water partition coefficient (Wildman–Crippen LogP) is 2.20. The molecule has 2 rings (SSSR count). The zero-order chi connectivity index (χ0) is 11.7. The van der Waals surface area contributed by atoms with Crippen LogP contribution in [-0.2, 0) is 4.79 Å². The third-order valence-electron chi connectivity index (χ3n) is 2.17. The lowest BCUT2D eigenvalue weighted by atomic mass is 10.1. The predicted molar refractivity (Wildman–Crippen MR) is 60.7 cm³/mol. The first-order chi connectivity index (χ1) is 7.58. The summed E-state index contributed by atoms with van der Waals surface area (Å²) in [5.74, 6) is -2.54. The van der Waals surface area contributed by atoms with Gasteiger partial charge in [-0.25, -0.2) is 13.6 Å². The Morgan fingerprint density at radius 1 is 1.35 bits per heavy atom. The summed E-state index contributed by atoms with van der Waals surface area (Å²) in [5, 5.41) is 8.68. The highest BCUT2D eigenvalue weighted by Gasteiger charge is 2.20. The standard InChI is InChI=1S/C11H7F2NO2.ClH/c12-6-1-2-7(8(13)5-6)9-3-4-10(14-9)11(15)16;/h1-5,10H,(H,15,16);1H. The first-order valence-corrected chi connectivity index (χ1v) is 4.52. The SMILES string of the molecule is Cl.O=C(O)C1C=CC(c2ccc(F)cc2F)=N1. The van der Waals surface area contributed by atoms with Gasteiger partial charge in [-0.1, -0.05) is 0 Å². The van der Waals surface area contributed by atoms with Crippen molar-refractivity contribution in [3.05, 3.63) is 47.5 Å². The minimum atomic E-state index is -1.10. The Morgan fingerprint density at radius 3 is 2.59 bits per heavy atom. The molecule has 90 valence electrons. The van der Waals surface area contributed by atoms with E-state index in [-0.39, 0.29) is 23.7 Å². The molecule has 0 fully saturated rings. The number of hydrogen-bond donors (Lipinski definition) is 1. The van der Waals surface area contributed by atoms with Crippen LogP contribution in [0.5, 0.6) is 0 Å². The van der Waals surface area contributed by atoms with Gasteiger partial charge in [0, 0.05) is 11.6 Å². The lowest BCUT2D eigenvalue weighted by Crippen LogP contribution is -2.13. The van der Waals surface area contributed by atoms with Gasteiger partial charge < -0.3 is 5.11 Å². The molecule has 1 N–H and O–H groups in total. The molecule has 1 aromatic rings. The van der Waals surface area contributed by atoms with Crippen LogP contribution in [-0.4, -0.2) is 22.8 Å². The molecule has 1 atom stereocenters. The van der Waals surface area contributed by atoms with Crippen molar-refractivity contribution < 1.29 is 18.7 Å². The van der Waals surface area contributed by atoms with Crippen LogP contribution in [0, 0.1) is 11.6 Å². The zero-order valence-electron chi connectivity index (χ0n) is 8.43. The quantitative estimate of drug-likeness (QED) is 0.885. The van der Waals surface area contributed by atoms with E-state index in [1.807, 2.05) is 0 Å². The van der Waals surface area contributed by atoms with E-state index in [9.17, 15) is 13.6 Å². The lowest BCUT2D eigenvalue weighted by Gasteiger charge is -2.01. The van der Waals surface area contributed by atoms with E-state index in [0.29, 0.717) is 0 Å². The van der Waals surface area contributed by atoms with E-state index < -0.39 is 23.6 Å². The number of benzene rings is 1. The van der Waals surface area contributed by atoms with Crippen LogP contribution in [0.4, 0.5) is 8.78 Å². The Kier molecular flexibility index (Phi) is 3.96. The van der Waals surface area contributed by atoms with Gasteiger partial charge in [-0.15, -0.1) is 12.4 Å². The highest BCUT2D eigenvalue weighted by Crippen LogP contribution is 2.16. The molecule has 0 radical (unpaired) electrons. The number of carboxylic acid groups (broad SMARTS) is 1. The van der Waals surface area contributed by atoms with Crippen molar-refractivity contribution in [1.82, 2.24) is 0 Å². The molecule has 3 nitrogen and oxygen atoms in total. The summed E-state index contributed by atoms with van der Waals surface area (Å²) in [6.45, 7) is 0. The molecule has 0 aromatic heterocycles. The summed E-state index contributed by atoms with van der Waals surface area (Å²) in [7, 11) is 0. The minimum absolute atomic E-state index is 0. The topological polar surface area (TPSA) is 49.7 Å². The van der Waals surface area contributed by atoms with Crippen LogP contribution in [0.2, 0.25) is 0 Å². The molecule has 6 heteroatoms. The van der Waals surface area contributed by atoms with Gasteiger partial charge in [0.1, 0.15) is 11.6 Å². The molecule has 1 aliphatic rings. The molecule has 1 aromatic carbocycles. The van der Waals surface area contributed by atoms with Gasteiger partial charge in [-0.2, -0.15) is 0 Å². The second-order valence-electron chi connectivity index (χ2n) is 3.28. The Balaban J connectivity index is 0.00000144. The average Bonchev–Trinajstić information content (AvgIpc) is 2.66. The Morgan fingerprint density at radius 2 is 2.06 bits per heavy atom. The maximum absolute atomic E-state index is 13.3. The molecule has 1 heterocycles. The molecule has 0 spiro atoms. The number of nitrogens with zero attached hydrogens (tertiary/aromatic N) is 1. The van der Waals surface area contributed by atoms with Crippen molar-refractivity contribution >= 4 is 24.1 Å². The van der Waals surface area contributed by atoms with Crippen LogP contribution in [0.3, 0.4) is 0 Å². The molecule has 0 saturated carbocycles. The van der Waals surface area contributed by atoms with Gasteiger partial charge in [-0.05, 0) is 24.3 Å². The maximum Gasteiger partial charge on any atom is 0.332 e. The summed E-state index contributed by atoms with van der Waals surface area (Å²) in [6, 6.07) is 2.08. The fourth-order valence-corrected chi connectivity index (χ4v) is 1.41. The second kappa shape index (κ2) is 5.05. The van der Waals surface area contributed by atoms with E-state index in [1.54, 1.807) is 0 Å². The summed E-state index contributed by atoms with van der Waals surface area (Å²) in [4.78, 5) is 14.4. The molecule has 0 amide bonds. The van der Waals surface area contributed by atoms with Gasteiger partial charge in [0.25, 0.3) is 0 Å². The first-order valence-electron chi connectivity index (χ1n) is 4.52. The van der Waals surface area contributed by atoms with Crippen molar-refractivity contribution in [1.29, 1.82) is 0 Å². The van der Waals surface area contributed by atoms with E-state index >= 15 is 0 Å². The lowest BCUT2D eigenvalue weighted by molar-refractivity contribution is -0.137. The number of allylic oxidation sites excluding steroid dienone is 1. The third-order valence-corrected chi connectivity index (χ3v) is 2.17. The molecular weight excluding hydrogens is 252 g/mol. The summed E-state index contributed by atoms with van der Waals surface area (Å²) >= 11 is 0. The molecule has 0 aliphatic carbocycles. The molecule has 17 heavy (non-hydrogen) atoms. The average molecular weight is 260 g/mol. The van der Waals surface area contributed by atoms with Crippen molar-refractivity contribution in [2.75, 3.05) is 0 Å². The summed E-state index contributed by atoms with van der Waals surface area (Å²) < 4.78 is 26.0. The van der Waals surface area contributed by atoms with Gasteiger partial charge in [-0.3, -0.25) is 4.99 Å². The molecule has 0 bridgehead atoms. The number of halogens is 3. The summed E-state index contributed by atoms with van der Waals surface area (Å²) in [5.41, 5.74) is 0.311. The van der Waals surface area contributed by atoms with Gasteiger partial charge in [0.05, 0.1) is 5.71 Å². The molecule has 1 unspecified atom stereocenters. The monoisotopic (exact) mass is 259 g/mol. The molecular formula is C11H8ClF2NO2. The molecule has 0 saturated heterocycles. The van der Waals surface area contributed by atoms with Crippen LogP contribution in [0.15, 0.2) is 35.3 Å². The Labute approximate surface area is 102 Å². The van der Waals surface area contributed by atoms with Gasteiger partial charge in [0.15, 0.2) is 6.04 Å². The van der Waals surface area contributed by atoms with Crippen LogP contribution in [0.1, 0.15) is 5.56 Å². The fourth-order valence-electron chi connectivity index (χ4n) is 1.41. The van der Waals surface area contributed by atoms with E-state index in [2.05, 4.69) is 4.99 Å². The minimum Gasteiger partial charge on any atom is -0.479 e. The van der Waals surface area contributed by atoms with Crippen molar-refractivity contribution in [3.63, 3.8) is 0 Å². The van der Waals surface area contributed by atoms with E-state index in [0.717, 1.165) is 12.1 Å². The number of aliphatic carboxylic acids is 1. The summed E-state index contributed by atoms with van der Waals surface area (Å²) in [6.07, 6.45) is 2.76. The number of rotatable bonds is 2. The highest BCUT2D eigenvalue weighted by molar-refractivity contribution is 6.11. The number of aliphatic imine (C=N–C) groups is 1. The van der Waals surface area contributed by atoms with Gasteiger partial charge in [0.2, 0.25) is 0 Å². The van der Waals surface area contributed by atoms with Crippen molar-refractivity contribution in [2.24, 2.45) is 4.99 Å².